The first-order chi connectivity index (χ1) is 8.72. The molecule has 8 heteroatoms. The smallest absolute Gasteiger partial charge is 0.165 e. The van der Waals surface area contributed by atoms with Gasteiger partial charge in [-0.15, -0.1) is 0 Å². The molecule has 1 unspecified atom stereocenters. The van der Waals surface area contributed by atoms with Gasteiger partial charge in [-0.25, -0.2) is 15.0 Å². The molecular weight excluding hydrogens is 240 g/mol. The Kier molecular flexibility index (Phi) is 2.71. The van der Waals surface area contributed by atoms with Crippen LogP contribution in [0.15, 0.2) is 18.9 Å². The molecule has 3 heterocycles. The van der Waals surface area contributed by atoms with E-state index in [-0.39, 0.29) is 6.61 Å². The first kappa shape index (κ1) is 11.5. The van der Waals surface area contributed by atoms with E-state index < -0.39 is 24.5 Å². The zero-order chi connectivity index (χ0) is 12.7. The molecule has 3 rings (SSSR count). The molecule has 3 N–H and O–H groups in total. The molecule has 0 radical (unpaired) electrons. The number of nitrogens with zero attached hydrogens (tertiary/aromatic N) is 4. The Balaban J connectivity index is 1.98. The predicted molar refractivity (Wildman–Crippen MR) is 57.4 cm³/mol. The largest absolute Gasteiger partial charge is 0.394 e. The van der Waals surface area contributed by atoms with Crippen LogP contribution in [-0.2, 0) is 4.74 Å². The average Bonchev–Trinajstić information content (AvgIpc) is 2.96. The van der Waals surface area contributed by atoms with Gasteiger partial charge in [-0.3, -0.25) is 4.57 Å². The van der Waals surface area contributed by atoms with Crippen LogP contribution in [0.1, 0.15) is 6.23 Å². The number of ether oxygens (including phenoxy) is 1. The summed E-state index contributed by atoms with van der Waals surface area (Å²) in [5, 5.41) is 28.7. The van der Waals surface area contributed by atoms with Crippen LogP contribution in [0.5, 0.6) is 0 Å². The summed E-state index contributed by atoms with van der Waals surface area (Å²) in [6.45, 7) is -0.370. The van der Waals surface area contributed by atoms with Crippen LogP contribution >= 0.6 is 0 Å². The van der Waals surface area contributed by atoms with Crippen molar-refractivity contribution in [1.82, 2.24) is 19.5 Å². The van der Waals surface area contributed by atoms with Gasteiger partial charge in [-0.1, -0.05) is 0 Å². The van der Waals surface area contributed by atoms with E-state index in [1.807, 2.05) is 0 Å². The summed E-state index contributed by atoms with van der Waals surface area (Å²) in [4.78, 5) is 12.0. The van der Waals surface area contributed by atoms with E-state index in [0.717, 1.165) is 0 Å². The minimum absolute atomic E-state index is 0.370. The second-order valence-corrected chi connectivity index (χ2v) is 4.11. The van der Waals surface area contributed by atoms with Gasteiger partial charge in [0, 0.05) is 0 Å². The van der Waals surface area contributed by atoms with Gasteiger partial charge in [0.2, 0.25) is 0 Å². The SMILES string of the molecule is OC[C@H]1OC(n2cncc3ncnc2-3)[C@@H](O)[C@@H]1O. The van der Waals surface area contributed by atoms with Crippen molar-refractivity contribution >= 4 is 0 Å². The lowest BCUT2D eigenvalue weighted by molar-refractivity contribution is -0.0529. The molecule has 4 atom stereocenters. The highest BCUT2D eigenvalue weighted by molar-refractivity contribution is 5.48. The minimum Gasteiger partial charge on any atom is -0.394 e. The van der Waals surface area contributed by atoms with Crippen LogP contribution in [0.4, 0.5) is 0 Å². The lowest BCUT2D eigenvalue weighted by atomic mass is 10.1. The molecule has 0 aliphatic carbocycles. The molecule has 0 amide bonds. The maximum absolute atomic E-state index is 9.93. The van der Waals surface area contributed by atoms with E-state index >= 15 is 0 Å². The molecule has 1 saturated heterocycles. The van der Waals surface area contributed by atoms with Gasteiger partial charge < -0.3 is 20.1 Å². The number of hydrogen-bond acceptors (Lipinski definition) is 7. The number of aliphatic hydroxyl groups excluding tert-OH is 3. The summed E-state index contributed by atoms with van der Waals surface area (Å²) < 4.78 is 6.90. The van der Waals surface area contributed by atoms with E-state index in [1.165, 1.54) is 17.2 Å². The van der Waals surface area contributed by atoms with E-state index in [4.69, 9.17) is 9.84 Å². The molecule has 0 aromatic heterocycles. The number of imidazole rings is 1. The maximum atomic E-state index is 9.93. The quantitative estimate of drug-likeness (QED) is 0.589. The Morgan fingerprint density at radius 1 is 1.28 bits per heavy atom. The zero-order valence-electron chi connectivity index (χ0n) is 9.29. The topological polar surface area (TPSA) is 114 Å². The van der Waals surface area contributed by atoms with Crippen molar-refractivity contribution in [1.29, 1.82) is 0 Å². The van der Waals surface area contributed by atoms with Crippen LogP contribution in [0.2, 0.25) is 0 Å². The lowest BCUT2D eigenvalue weighted by Gasteiger charge is -2.19. The molecule has 0 aromatic rings. The van der Waals surface area contributed by atoms with Crippen LogP contribution in [0.25, 0.3) is 11.5 Å². The molecule has 0 saturated carbocycles. The number of fused-ring (bicyclic) bond motifs is 1. The molecule has 0 bridgehead atoms. The third-order valence-corrected chi connectivity index (χ3v) is 3.03. The van der Waals surface area contributed by atoms with Crippen LogP contribution in [0, 0.1) is 0 Å². The molecule has 0 spiro atoms. The lowest BCUT2D eigenvalue weighted by Crippen LogP contribution is -2.33. The van der Waals surface area contributed by atoms with E-state index in [9.17, 15) is 10.2 Å². The highest BCUT2D eigenvalue weighted by Crippen LogP contribution is 2.31. The van der Waals surface area contributed by atoms with Gasteiger partial charge in [-0.2, -0.15) is 0 Å². The van der Waals surface area contributed by atoms with Crippen molar-refractivity contribution in [3.8, 4) is 11.5 Å². The number of aromatic nitrogens is 4. The summed E-state index contributed by atoms with van der Waals surface area (Å²) in [5.74, 6) is 0.500. The van der Waals surface area contributed by atoms with Gasteiger partial charge in [-0.05, 0) is 0 Å². The Bertz CT molecular complexity index is 519. The summed E-state index contributed by atoms with van der Waals surface area (Å²) in [7, 11) is 0. The summed E-state index contributed by atoms with van der Waals surface area (Å²) in [6, 6.07) is 0. The van der Waals surface area contributed by atoms with Crippen molar-refractivity contribution in [2.45, 2.75) is 24.5 Å². The number of rotatable bonds is 2. The molecule has 8 nitrogen and oxygen atoms in total. The fraction of sp³-hybridized carbons (Fsp3) is 0.500. The minimum atomic E-state index is -1.16. The van der Waals surface area contributed by atoms with Gasteiger partial charge >= 0.3 is 0 Å². The Hall–Kier alpha value is -1.61. The van der Waals surface area contributed by atoms with E-state index in [1.54, 1.807) is 6.20 Å². The second kappa shape index (κ2) is 4.25. The standard InChI is InChI=1S/C10H12N4O4/c15-2-6-7(16)8(17)10(18-6)14-4-11-1-5-9(14)13-3-12-5/h1,3-4,6-8,10,15-17H,2H2/t6-,7-,8+,10?/m1/s1. The first-order valence-corrected chi connectivity index (χ1v) is 5.47. The normalized spacial score (nSPS) is 32.2. The predicted octanol–water partition coefficient (Wildman–Crippen LogP) is -1.61. The van der Waals surface area contributed by atoms with Gasteiger partial charge in [0.15, 0.2) is 12.1 Å². The van der Waals surface area contributed by atoms with Crippen molar-refractivity contribution in [2.75, 3.05) is 6.61 Å². The Morgan fingerprint density at radius 2 is 2.11 bits per heavy atom. The highest BCUT2D eigenvalue weighted by atomic mass is 16.6. The third kappa shape index (κ3) is 1.58. The van der Waals surface area contributed by atoms with Crippen molar-refractivity contribution in [2.24, 2.45) is 0 Å². The first-order valence-electron chi connectivity index (χ1n) is 5.47. The fourth-order valence-corrected chi connectivity index (χ4v) is 2.09. The molecular formula is C10H12N4O4. The molecule has 1 fully saturated rings. The zero-order valence-corrected chi connectivity index (χ0v) is 9.29. The summed E-state index contributed by atoms with van der Waals surface area (Å²) in [6.07, 6.45) is 0.393. The fourth-order valence-electron chi connectivity index (χ4n) is 2.09. The van der Waals surface area contributed by atoms with Crippen molar-refractivity contribution in [3.63, 3.8) is 0 Å². The maximum Gasteiger partial charge on any atom is 0.165 e. The van der Waals surface area contributed by atoms with Crippen LogP contribution < -0.4 is 0 Å². The third-order valence-electron chi connectivity index (χ3n) is 3.03. The van der Waals surface area contributed by atoms with Crippen molar-refractivity contribution in [3.05, 3.63) is 18.9 Å². The molecule has 96 valence electrons. The molecule has 18 heavy (non-hydrogen) atoms. The van der Waals surface area contributed by atoms with Crippen LogP contribution in [-0.4, -0.2) is 59.8 Å². The van der Waals surface area contributed by atoms with Crippen molar-refractivity contribution < 1.29 is 20.1 Å². The van der Waals surface area contributed by atoms with Gasteiger partial charge in [0.25, 0.3) is 0 Å². The van der Waals surface area contributed by atoms with Gasteiger partial charge in [0.1, 0.15) is 30.3 Å². The Morgan fingerprint density at radius 3 is 2.83 bits per heavy atom. The molecule has 0 aromatic carbocycles. The monoisotopic (exact) mass is 252 g/mol. The highest BCUT2D eigenvalue weighted by Gasteiger charge is 2.44. The number of hydrogen-bond donors (Lipinski definition) is 3. The van der Waals surface area contributed by atoms with Gasteiger partial charge in [0.05, 0.1) is 19.1 Å². The van der Waals surface area contributed by atoms with E-state index in [2.05, 4.69) is 15.0 Å². The second-order valence-electron chi connectivity index (χ2n) is 4.11. The molecule has 3 aliphatic heterocycles. The summed E-state index contributed by atoms with van der Waals surface area (Å²) >= 11 is 0. The van der Waals surface area contributed by atoms with Crippen LogP contribution in [0.3, 0.4) is 0 Å². The molecule has 3 aliphatic rings. The average molecular weight is 252 g/mol. The summed E-state index contributed by atoms with van der Waals surface area (Å²) in [5.41, 5.74) is 0.565. The Labute approximate surface area is 102 Å². The number of aliphatic hydroxyl groups is 3. The van der Waals surface area contributed by atoms with E-state index in [0.29, 0.717) is 11.5 Å².